The Bertz CT molecular complexity index is 487. The minimum absolute atomic E-state index is 0.0183. The summed E-state index contributed by atoms with van der Waals surface area (Å²) >= 11 is 0. The fourth-order valence-electron chi connectivity index (χ4n) is 2.26. The highest BCUT2D eigenvalue weighted by atomic mass is 16.5. The third-order valence-corrected chi connectivity index (χ3v) is 3.51. The number of aliphatic hydroxyl groups excluding tert-OH is 1. The van der Waals surface area contributed by atoms with Gasteiger partial charge in [0.05, 0.1) is 18.8 Å². The number of carbonyl (C=O) groups excluding carboxylic acids is 2. The molecule has 0 saturated heterocycles. The van der Waals surface area contributed by atoms with Crippen molar-refractivity contribution in [2.24, 2.45) is 5.92 Å². The number of amides is 1. The van der Waals surface area contributed by atoms with Crippen LogP contribution in [0.4, 0.5) is 0 Å². The lowest BCUT2D eigenvalue weighted by Crippen LogP contribution is -2.25. The van der Waals surface area contributed by atoms with Crippen LogP contribution in [0.3, 0.4) is 0 Å². The predicted molar refractivity (Wildman–Crippen MR) is 79.8 cm³/mol. The number of benzene rings is 1. The van der Waals surface area contributed by atoms with Gasteiger partial charge in [-0.1, -0.05) is 25.5 Å². The molecule has 0 aromatic heterocycles. The molecule has 0 aliphatic heterocycles. The number of rotatable bonds is 7. The van der Waals surface area contributed by atoms with E-state index in [0.29, 0.717) is 24.1 Å². The summed E-state index contributed by atoms with van der Waals surface area (Å²) in [5.74, 6) is -0.480. The summed E-state index contributed by atoms with van der Waals surface area (Å²) in [5.41, 5.74) is 1.11. The van der Waals surface area contributed by atoms with Gasteiger partial charge in [-0.25, -0.2) is 4.79 Å². The van der Waals surface area contributed by atoms with Crippen LogP contribution in [0, 0.1) is 5.92 Å². The molecule has 1 aromatic carbocycles. The third-order valence-electron chi connectivity index (χ3n) is 3.51. The van der Waals surface area contributed by atoms with E-state index in [-0.39, 0.29) is 11.8 Å². The topological polar surface area (TPSA) is 75.6 Å². The number of esters is 1. The lowest BCUT2D eigenvalue weighted by atomic mass is 9.90. The number of hydrogen-bond donors (Lipinski definition) is 2. The number of methoxy groups -OCH3 is 1. The maximum atomic E-state index is 11.5. The fraction of sp³-hybridized carbons (Fsp3) is 0.500. The van der Waals surface area contributed by atoms with Crippen LogP contribution < -0.4 is 5.32 Å². The van der Waals surface area contributed by atoms with Gasteiger partial charge >= 0.3 is 5.97 Å². The van der Waals surface area contributed by atoms with E-state index in [1.807, 2.05) is 6.92 Å². The van der Waals surface area contributed by atoms with Crippen LogP contribution in [0.5, 0.6) is 0 Å². The zero-order valence-electron chi connectivity index (χ0n) is 12.8. The highest BCUT2D eigenvalue weighted by molar-refractivity contribution is 5.89. The average Bonchev–Trinajstić information content (AvgIpc) is 2.50. The predicted octanol–water partition coefficient (Wildman–Crippen LogP) is 2.06. The maximum Gasteiger partial charge on any atom is 0.337 e. The number of carbonyl (C=O) groups is 2. The van der Waals surface area contributed by atoms with Gasteiger partial charge in [-0.15, -0.1) is 0 Å². The van der Waals surface area contributed by atoms with E-state index >= 15 is 0 Å². The fourth-order valence-corrected chi connectivity index (χ4v) is 2.26. The summed E-state index contributed by atoms with van der Waals surface area (Å²) in [5, 5.41) is 13.2. The first-order chi connectivity index (χ1) is 9.99. The van der Waals surface area contributed by atoms with Crippen molar-refractivity contribution in [3.63, 3.8) is 0 Å². The average molecular weight is 293 g/mol. The van der Waals surface area contributed by atoms with E-state index in [1.54, 1.807) is 24.3 Å². The first-order valence-corrected chi connectivity index (χ1v) is 7.10. The zero-order valence-corrected chi connectivity index (χ0v) is 12.8. The van der Waals surface area contributed by atoms with Crippen LogP contribution >= 0.6 is 0 Å². The molecule has 0 aliphatic rings. The molecule has 0 bridgehead atoms. The van der Waals surface area contributed by atoms with Crippen molar-refractivity contribution >= 4 is 11.9 Å². The SMILES string of the molecule is CCC(CCNC(C)=O)C(O)c1cccc(C(=O)OC)c1. The van der Waals surface area contributed by atoms with Crippen LogP contribution in [0.1, 0.15) is 48.7 Å². The Labute approximate surface area is 125 Å². The molecule has 1 aromatic rings. The molecular formula is C16H23NO4. The Morgan fingerprint density at radius 1 is 1.38 bits per heavy atom. The molecule has 0 spiro atoms. The lowest BCUT2D eigenvalue weighted by Gasteiger charge is -2.22. The second kappa shape index (κ2) is 8.42. The van der Waals surface area contributed by atoms with E-state index in [2.05, 4.69) is 10.1 Å². The van der Waals surface area contributed by atoms with Crippen LogP contribution in [0.2, 0.25) is 0 Å². The molecule has 0 heterocycles. The summed E-state index contributed by atoms with van der Waals surface area (Å²) in [6.07, 6.45) is 0.788. The normalized spacial score (nSPS) is 13.3. The summed E-state index contributed by atoms with van der Waals surface area (Å²) in [4.78, 5) is 22.4. The summed E-state index contributed by atoms with van der Waals surface area (Å²) in [7, 11) is 1.33. The quantitative estimate of drug-likeness (QED) is 0.755. The summed E-state index contributed by atoms with van der Waals surface area (Å²) in [6, 6.07) is 6.82. The molecule has 2 unspecified atom stereocenters. The van der Waals surface area contributed by atoms with Gasteiger partial charge in [0.15, 0.2) is 0 Å². The number of ether oxygens (including phenoxy) is 1. The van der Waals surface area contributed by atoms with Crippen molar-refractivity contribution in [1.29, 1.82) is 0 Å². The Morgan fingerprint density at radius 2 is 2.10 bits per heavy atom. The first kappa shape index (κ1) is 17.2. The lowest BCUT2D eigenvalue weighted by molar-refractivity contribution is -0.119. The molecule has 0 aliphatic carbocycles. The molecule has 0 fully saturated rings. The molecule has 2 N–H and O–H groups in total. The molecule has 1 rings (SSSR count). The maximum absolute atomic E-state index is 11.5. The Balaban J connectivity index is 2.77. The Morgan fingerprint density at radius 3 is 2.67 bits per heavy atom. The van der Waals surface area contributed by atoms with Gasteiger partial charge in [-0.05, 0) is 30.0 Å². The van der Waals surface area contributed by atoms with Crippen LogP contribution in [-0.2, 0) is 9.53 Å². The molecule has 1 amide bonds. The molecule has 0 saturated carbocycles. The highest BCUT2D eigenvalue weighted by Crippen LogP contribution is 2.27. The van der Waals surface area contributed by atoms with Crippen LogP contribution in [-0.4, -0.2) is 30.6 Å². The van der Waals surface area contributed by atoms with Crippen molar-refractivity contribution in [1.82, 2.24) is 5.32 Å². The molecule has 21 heavy (non-hydrogen) atoms. The monoisotopic (exact) mass is 293 g/mol. The smallest absolute Gasteiger partial charge is 0.337 e. The molecule has 116 valence electrons. The van der Waals surface area contributed by atoms with Crippen molar-refractivity contribution in [3.8, 4) is 0 Å². The van der Waals surface area contributed by atoms with E-state index in [0.717, 1.165) is 6.42 Å². The van der Waals surface area contributed by atoms with Gasteiger partial charge < -0.3 is 15.2 Å². The minimum Gasteiger partial charge on any atom is -0.465 e. The highest BCUT2D eigenvalue weighted by Gasteiger charge is 2.20. The third kappa shape index (κ3) is 5.19. The molecular weight excluding hydrogens is 270 g/mol. The van der Waals surface area contributed by atoms with E-state index in [1.165, 1.54) is 14.0 Å². The minimum atomic E-state index is -0.673. The molecule has 2 atom stereocenters. The van der Waals surface area contributed by atoms with Gasteiger partial charge in [-0.2, -0.15) is 0 Å². The molecule has 5 heteroatoms. The molecule has 0 radical (unpaired) electrons. The van der Waals surface area contributed by atoms with Gasteiger partial charge in [0.1, 0.15) is 0 Å². The van der Waals surface area contributed by atoms with Crippen LogP contribution in [0.15, 0.2) is 24.3 Å². The number of hydrogen-bond acceptors (Lipinski definition) is 4. The van der Waals surface area contributed by atoms with Gasteiger partial charge in [0.2, 0.25) is 5.91 Å². The van der Waals surface area contributed by atoms with E-state index < -0.39 is 12.1 Å². The molecule has 5 nitrogen and oxygen atoms in total. The Hall–Kier alpha value is -1.88. The standard InChI is InChI=1S/C16H23NO4/c1-4-12(8-9-17-11(2)18)15(19)13-6-5-7-14(10-13)16(20)21-3/h5-7,10,12,15,19H,4,8-9H2,1-3H3,(H,17,18). The van der Waals surface area contributed by atoms with Crippen molar-refractivity contribution in [2.75, 3.05) is 13.7 Å². The largest absolute Gasteiger partial charge is 0.465 e. The van der Waals surface area contributed by atoms with Crippen molar-refractivity contribution in [3.05, 3.63) is 35.4 Å². The van der Waals surface area contributed by atoms with Crippen molar-refractivity contribution < 1.29 is 19.4 Å². The van der Waals surface area contributed by atoms with Gasteiger partial charge in [0, 0.05) is 13.5 Å². The second-order valence-electron chi connectivity index (χ2n) is 5.00. The zero-order chi connectivity index (χ0) is 15.8. The summed E-state index contributed by atoms with van der Waals surface area (Å²) < 4.78 is 4.68. The first-order valence-electron chi connectivity index (χ1n) is 7.10. The summed E-state index contributed by atoms with van der Waals surface area (Å²) in [6.45, 7) is 3.99. The number of nitrogens with one attached hydrogen (secondary N) is 1. The van der Waals surface area contributed by atoms with Crippen molar-refractivity contribution in [2.45, 2.75) is 32.8 Å². The Kier molecular flexibility index (Phi) is 6.88. The van der Waals surface area contributed by atoms with E-state index in [4.69, 9.17) is 0 Å². The van der Waals surface area contributed by atoms with Crippen LogP contribution in [0.25, 0.3) is 0 Å². The van der Waals surface area contributed by atoms with Gasteiger partial charge in [-0.3, -0.25) is 4.79 Å². The number of aliphatic hydroxyl groups is 1. The second-order valence-corrected chi connectivity index (χ2v) is 5.00. The van der Waals surface area contributed by atoms with Gasteiger partial charge in [0.25, 0.3) is 0 Å². The van der Waals surface area contributed by atoms with E-state index in [9.17, 15) is 14.7 Å².